The van der Waals surface area contributed by atoms with Gasteiger partial charge in [0.05, 0.1) is 46.2 Å². The lowest BCUT2D eigenvalue weighted by molar-refractivity contribution is -0.141. The van der Waals surface area contributed by atoms with E-state index in [2.05, 4.69) is 68.5 Å². The minimum Gasteiger partial charge on any atom is -0.465 e. The molecule has 0 saturated carbocycles. The van der Waals surface area contributed by atoms with Crippen LogP contribution < -0.4 is 84.5 Å². The number of terminal acetylenes is 1. The third-order valence-corrected chi connectivity index (χ3v) is 13.9. The molecule has 8 aromatic rings. The van der Waals surface area contributed by atoms with Gasteiger partial charge in [-0.1, -0.05) is 26.7 Å². The molecule has 0 unspecified atom stereocenters. The Morgan fingerprint density at radius 2 is 0.990 bits per heavy atom. The summed E-state index contributed by atoms with van der Waals surface area (Å²) in [4.78, 5) is 182. The van der Waals surface area contributed by atoms with Gasteiger partial charge in [-0.3, -0.25) is 85.3 Å². The lowest BCUT2D eigenvalue weighted by atomic mass is 9.88. The quantitative estimate of drug-likeness (QED) is 0.0234. The van der Waals surface area contributed by atoms with Crippen LogP contribution in [0.3, 0.4) is 0 Å². The minimum absolute atomic E-state index is 0.0150. The van der Waals surface area contributed by atoms with Gasteiger partial charge in [-0.25, -0.2) is 58.7 Å². The number of halogens is 1. The molecular formula is C56H74ClN21O18. The Hall–Kier alpha value is -11.4. The number of anilines is 3. The summed E-state index contributed by atoms with van der Waals surface area (Å²) in [6.07, 6.45) is 13.9. The first kappa shape index (κ1) is 78.9. The molecule has 3 aliphatic rings. The molecule has 40 heteroatoms. The number of aryl methyl sites for hydroxylation is 3. The Kier molecular flexibility index (Phi) is 29.7. The summed E-state index contributed by atoms with van der Waals surface area (Å²) in [5, 5.41) is 2.17. The van der Waals surface area contributed by atoms with Crippen molar-refractivity contribution in [3.8, 4) is 12.3 Å². The van der Waals surface area contributed by atoms with Crippen LogP contribution in [0.15, 0.2) is 91.2 Å². The number of hydrogen-bond donors (Lipinski definition) is 8. The van der Waals surface area contributed by atoms with Crippen LogP contribution in [0.25, 0.3) is 33.5 Å². The van der Waals surface area contributed by atoms with Gasteiger partial charge in [0.2, 0.25) is 0 Å². The molecule has 3 fully saturated rings. The van der Waals surface area contributed by atoms with Crippen LogP contribution in [-0.4, -0.2) is 161 Å². The molecule has 3 aliphatic heterocycles. The first-order valence-electron chi connectivity index (χ1n) is 28.0. The number of nitrogens with one attached hydrogen (secondary N) is 4. The van der Waals surface area contributed by atoms with E-state index in [9.17, 15) is 57.5 Å². The third-order valence-electron chi connectivity index (χ3n) is 13.2. The first-order valence-corrected chi connectivity index (χ1v) is 28.5. The van der Waals surface area contributed by atoms with Crippen molar-refractivity contribution < 1.29 is 38.1 Å². The van der Waals surface area contributed by atoms with Gasteiger partial charge in [0.1, 0.15) is 23.7 Å². The molecular weight excluding hydrogens is 1290 g/mol. The van der Waals surface area contributed by atoms with Crippen LogP contribution in [-0.2, 0) is 81.7 Å². The number of hydrogen-bond acceptors (Lipinski definition) is 27. The van der Waals surface area contributed by atoms with Crippen molar-refractivity contribution in [2.75, 3.05) is 76.4 Å². The van der Waals surface area contributed by atoms with Crippen LogP contribution in [0.1, 0.15) is 34.1 Å². The van der Waals surface area contributed by atoms with Gasteiger partial charge in [0.15, 0.2) is 46.1 Å². The molecule has 39 nitrogen and oxygen atoms in total. The minimum atomic E-state index is -0.648. The highest BCUT2D eigenvalue weighted by atomic mass is 35.5. The van der Waals surface area contributed by atoms with E-state index in [0.717, 1.165) is 34.3 Å². The summed E-state index contributed by atoms with van der Waals surface area (Å²) in [7, 11) is 9.08. The van der Waals surface area contributed by atoms with Crippen LogP contribution in [0.4, 0.5) is 22.1 Å². The second kappa shape index (κ2) is 36.2. The topological polar surface area (TPSA) is 551 Å². The summed E-state index contributed by atoms with van der Waals surface area (Å²) >= 11 is 5.56. The zero-order valence-corrected chi connectivity index (χ0v) is 54.7. The van der Waals surface area contributed by atoms with Crippen LogP contribution in [0.5, 0.6) is 0 Å². The van der Waals surface area contributed by atoms with E-state index in [1.54, 1.807) is 21.0 Å². The number of primary amides is 1. The fraction of sp³-hybridized carbons (Fsp3) is 0.429. The summed E-state index contributed by atoms with van der Waals surface area (Å²) in [5.41, 5.74) is 17.0. The summed E-state index contributed by atoms with van der Waals surface area (Å²) in [6.45, 7) is 12.8. The van der Waals surface area contributed by atoms with Crippen molar-refractivity contribution in [2.45, 2.75) is 47.2 Å². The second-order valence-electron chi connectivity index (χ2n) is 21.6. The fourth-order valence-electron chi connectivity index (χ4n) is 7.68. The number of nitrogen functional groups attached to an aromatic ring is 3. The zero-order valence-electron chi connectivity index (χ0n) is 53.9. The summed E-state index contributed by atoms with van der Waals surface area (Å²) < 4.78 is 28.4. The largest absolute Gasteiger partial charge is 0.465 e. The molecule has 11 rings (SSSR count). The van der Waals surface area contributed by atoms with Crippen molar-refractivity contribution in [3.63, 3.8) is 0 Å². The predicted octanol–water partition coefficient (Wildman–Crippen LogP) is -4.53. The zero-order chi connectivity index (χ0) is 72.4. The number of ether oxygens (including phenoxy) is 4. The number of H-pyrrole nitrogens is 3. The Labute approximate surface area is 546 Å². The van der Waals surface area contributed by atoms with Gasteiger partial charge in [-0.15, -0.1) is 18.0 Å². The van der Waals surface area contributed by atoms with Crippen LogP contribution in [0.2, 0.25) is 0 Å². The number of aromatic amines is 3. The number of nitrogens with zero attached hydrogens (tertiary/aromatic N) is 13. The lowest BCUT2D eigenvalue weighted by Gasteiger charge is -2.38. The maximum atomic E-state index is 12.3. The van der Waals surface area contributed by atoms with E-state index in [0.29, 0.717) is 62.8 Å². The van der Waals surface area contributed by atoms with Gasteiger partial charge in [0, 0.05) is 121 Å². The number of carbonyl (C=O) groups is 4. The average molecular weight is 1360 g/mol. The van der Waals surface area contributed by atoms with Gasteiger partial charge in [0.25, 0.3) is 27.8 Å². The molecule has 0 bridgehead atoms. The monoisotopic (exact) mass is 1360 g/mol. The van der Waals surface area contributed by atoms with E-state index >= 15 is 0 Å². The molecule has 8 aromatic heterocycles. The molecule has 12 N–H and O–H groups in total. The number of rotatable bonds is 8. The molecule has 0 aromatic carbocycles. The van der Waals surface area contributed by atoms with Gasteiger partial charge >= 0.3 is 40.4 Å². The Morgan fingerprint density at radius 3 is 1.33 bits per heavy atom. The predicted molar refractivity (Wildman–Crippen MR) is 350 cm³/mol. The molecule has 0 atom stereocenters. The van der Waals surface area contributed by atoms with E-state index in [4.69, 9.17) is 59.0 Å². The van der Waals surface area contributed by atoms with Crippen molar-refractivity contribution in [1.82, 2.24) is 82.1 Å². The fourth-order valence-corrected chi connectivity index (χ4v) is 7.83. The number of carbonyl (C=O) groups excluding carboxylic acids is 4. The highest BCUT2D eigenvalue weighted by molar-refractivity contribution is 6.18. The highest BCUT2D eigenvalue weighted by Gasteiger charge is 2.36. The molecule has 0 radical (unpaired) electrons. The average Bonchev–Trinajstić information content (AvgIpc) is 0.779. The van der Waals surface area contributed by atoms with Gasteiger partial charge < -0.3 is 47.2 Å². The van der Waals surface area contributed by atoms with Crippen LogP contribution in [0, 0.1) is 28.6 Å². The van der Waals surface area contributed by atoms with Gasteiger partial charge in [-0.2, -0.15) is 0 Å². The number of aldehydes is 2. The number of alkyl halides is 1. The smallest absolute Gasteiger partial charge is 0.332 e. The van der Waals surface area contributed by atoms with Crippen molar-refractivity contribution >= 4 is 87.0 Å². The highest BCUT2D eigenvalue weighted by Crippen LogP contribution is 2.29. The summed E-state index contributed by atoms with van der Waals surface area (Å²) in [5.74, 6) is 2.73. The lowest BCUT2D eigenvalue weighted by Crippen LogP contribution is -2.50. The van der Waals surface area contributed by atoms with Crippen molar-refractivity contribution in [3.05, 3.63) is 147 Å². The molecule has 0 aliphatic carbocycles. The molecule has 11 heterocycles. The Balaban J connectivity index is 0.000000293. The maximum absolute atomic E-state index is 12.3. The molecule has 2 amide bonds. The van der Waals surface area contributed by atoms with E-state index in [1.165, 1.54) is 88.2 Å². The third kappa shape index (κ3) is 21.6. The van der Waals surface area contributed by atoms with E-state index in [-0.39, 0.29) is 97.8 Å². The van der Waals surface area contributed by atoms with Crippen molar-refractivity contribution in [1.29, 1.82) is 0 Å². The number of nitrogens with two attached hydrogens (primary N) is 4. The summed E-state index contributed by atoms with van der Waals surface area (Å²) in [6, 6.07) is 0.659. The van der Waals surface area contributed by atoms with E-state index < -0.39 is 39.8 Å². The molecule has 0 spiro atoms. The normalized spacial score (nSPS) is 13.6. The molecule has 96 heavy (non-hydrogen) atoms. The molecule has 3 saturated heterocycles. The van der Waals surface area contributed by atoms with E-state index in [1.807, 2.05) is 18.8 Å². The second-order valence-corrected chi connectivity index (χ2v) is 21.9. The first-order chi connectivity index (χ1) is 45.1. The number of fused-ring (bicyclic) bond motifs is 3. The van der Waals surface area contributed by atoms with Gasteiger partial charge in [-0.05, 0) is 6.92 Å². The number of amides is 2. The molecule has 518 valence electrons. The maximum Gasteiger partial charge on any atom is 0.332 e. The SMILES string of the molecule is C#CCC(=O)OCC.CC1(CCl)COC1.CNC(N)=O.Cn1c(=O)[nH]c(=O)c2nccnc21.Cn1c(=O)n(CC2(C)COC2)c(=O)c2nccnc21.Cn1c(=O)n(CC2(C)COC2)c(=O)c2nccnc21.Cn1c(N)c(N)c(=O)[nH]c1=O.Cn1c(N)cc(=O)[nH]c1=O.O=CC=O. The standard InChI is InChI=1S/2C12H14N4O3.C7H6N4O2.C6H8O2.C5H9ClO.C5H8N4O2.C5H7N3O2.C2H6N2O.C2H2O2/c2*1-12(6-19-7-12)5-16-10(17)8-9(14-4-3-13-8)15(2)11(16)18;1-11-5-4(8-2-3-9-5)6(12)10-7(11)13;1-3-5-6(7)8-4-2;1-5(2-6)3-7-4-5;1-9-3(7)2(6)4(10)8-5(9)11;1-8-3(6)2-4(9)7-5(8)10;1-4-2(3)5;3-1-2-4/h2*3-4H,5-7H2,1-2H3;2-3H,1H3,(H,10,12,13);1H,4-5H2,2H3;2-4H2,1H3;6-7H2,1H3,(H,8,10,11);2H,6H2,1H3,(H,7,9,10);1H3,(H3,3,4,5);1-2H. The number of urea groups is 1. The Bertz CT molecular complexity index is 4560. The van der Waals surface area contributed by atoms with Crippen LogP contribution >= 0.6 is 11.6 Å². The Morgan fingerprint density at radius 1 is 0.615 bits per heavy atom. The van der Waals surface area contributed by atoms with Crippen molar-refractivity contribution in [2.24, 2.45) is 57.2 Å². The number of aromatic nitrogens is 16. The number of esters is 1.